The van der Waals surface area contributed by atoms with Gasteiger partial charge in [0.1, 0.15) is 6.10 Å². The monoisotopic (exact) mass is 392 g/mol. The molecule has 152 valence electrons. The molecule has 0 radical (unpaired) electrons. The molecule has 0 N–H and O–H groups in total. The van der Waals surface area contributed by atoms with Crippen LogP contribution in [0.3, 0.4) is 0 Å². The average Bonchev–Trinajstić information content (AvgIpc) is 2.59. The first-order chi connectivity index (χ1) is 12.5. The SMILES string of the molecule is C[C@@H]1[C@H](OCc2ccccc2)[C@H](C)C(=O)O[C@H]1CCO[Si](C)(C)C(C)(C)C. The molecule has 1 aromatic carbocycles. The Morgan fingerprint density at radius 3 is 2.33 bits per heavy atom. The number of carbonyl (C=O) groups excluding carboxylic acids is 1. The van der Waals surface area contributed by atoms with Gasteiger partial charge in [-0.05, 0) is 30.6 Å². The predicted octanol–water partition coefficient (Wildman–Crippen LogP) is 5.18. The Bertz CT molecular complexity index is 608. The van der Waals surface area contributed by atoms with E-state index in [1.165, 1.54) is 0 Å². The van der Waals surface area contributed by atoms with Crippen molar-refractivity contribution < 1.29 is 18.7 Å². The summed E-state index contributed by atoms with van der Waals surface area (Å²) in [5.74, 6) is -0.269. The lowest BCUT2D eigenvalue weighted by Crippen LogP contribution is -2.49. The van der Waals surface area contributed by atoms with Crippen LogP contribution in [0.5, 0.6) is 0 Å². The second-order valence-corrected chi connectivity index (χ2v) is 14.1. The number of esters is 1. The molecule has 4 nitrogen and oxygen atoms in total. The standard InChI is InChI=1S/C22H36O4Si/c1-16-19(13-14-25-27(6,7)22(3,4)5)26-21(23)17(2)20(16)24-15-18-11-9-8-10-12-18/h8-12,16-17,19-20H,13-15H2,1-7H3/t16-,17-,19-,20-/m0/s1. The van der Waals surface area contributed by atoms with Gasteiger partial charge in [-0.3, -0.25) is 4.79 Å². The number of hydrogen-bond donors (Lipinski definition) is 0. The maximum Gasteiger partial charge on any atom is 0.311 e. The van der Waals surface area contributed by atoms with Gasteiger partial charge in [0, 0.05) is 18.9 Å². The lowest BCUT2D eigenvalue weighted by Gasteiger charge is -2.40. The topological polar surface area (TPSA) is 44.8 Å². The summed E-state index contributed by atoms with van der Waals surface area (Å²) >= 11 is 0. The molecule has 0 amide bonds. The third-order valence-electron chi connectivity index (χ3n) is 6.19. The van der Waals surface area contributed by atoms with Crippen LogP contribution in [0.2, 0.25) is 18.1 Å². The lowest BCUT2D eigenvalue weighted by molar-refractivity contribution is -0.185. The van der Waals surface area contributed by atoms with E-state index in [2.05, 4.69) is 40.8 Å². The molecule has 0 saturated carbocycles. The van der Waals surface area contributed by atoms with Gasteiger partial charge in [0.05, 0.1) is 18.6 Å². The Labute approximate surface area is 165 Å². The van der Waals surface area contributed by atoms with Crippen molar-refractivity contribution in [2.75, 3.05) is 6.61 Å². The van der Waals surface area contributed by atoms with E-state index in [-0.39, 0.29) is 35.1 Å². The third kappa shape index (κ3) is 5.66. The van der Waals surface area contributed by atoms with Gasteiger partial charge in [-0.25, -0.2) is 0 Å². The summed E-state index contributed by atoms with van der Waals surface area (Å²) in [6.07, 6.45) is 0.431. The summed E-state index contributed by atoms with van der Waals surface area (Å²) in [5.41, 5.74) is 1.12. The average molecular weight is 393 g/mol. The molecule has 1 aromatic rings. The van der Waals surface area contributed by atoms with Gasteiger partial charge in [0.25, 0.3) is 0 Å². The molecule has 5 heteroatoms. The maximum atomic E-state index is 12.4. The van der Waals surface area contributed by atoms with Crippen LogP contribution in [-0.4, -0.2) is 33.1 Å². The van der Waals surface area contributed by atoms with Crippen molar-refractivity contribution in [3.05, 3.63) is 35.9 Å². The molecular weight excluding hydrogens is 356 g/mol. The van der Waals surface area contributed by atoms with E-state index >= 15 is 0 Å². The van der Waals surface area contributed by atoms with Crippen LogP contribution in [0.15, 0.2) is 30.3 Å². The predicted molar refractivity (Wildman–Crippen MR) is 111 cm³/mol. The zero-order chi connectivity index (χ0) is 20.2. The molecule has 0 aliphatic carbocycles. The van der Waals surface area contributed by atoms with Crippen LogP contribution < -0.4 is 0 Å². The molecule has 27 heavy (non-hydrogen) atoms. The second-order valence-electron chi connectivity index (χ2n) is 9.28. The van der Waals surface area contributed by atoms with E-state index in [9.17, 15) is 4.79 Å². The molecule has 0 unspecified atom stereocenters. The summed E-state index contributed by atoms with van der Waals surface area (Å²) in [6, 6.07) is 10.1. The number of hydrogen-bond acceptors (Lipinski definition) is 4. The van der Waals surface area contributed by atoms with Gasteiger partial charge in [-0.1, -0.05) is 58.0 Å². The minimum absolute atomic E-state index is 0.135. The quantitative estimate of drug-likeness (QED) is 0.474. The van der Waals surface area contributed by atoms with Crippen molar-refractivity contribution >= 4 is 14.3 Å². The van der Waals surface area contributed by atoms with Crippen molar-refractivity contribution in [3.63, 3.8) is 0 Å². The van der Waals surface area contributed by atoms with E-state index in [0.717, 1.165) is 12.0 Å². The highest BCUT2D eigenvalue weighted by Crippen LogP contribution is 2.37. The van der Waals surface area contributed by atoms with E-state index in [4.69, 9.17) is 13.9 Å². The van der Waals surface area contributed by atoms with Gasteiger partial charge in [0.15, 0.2) is 8.32 Å². The second kappa shape index (κ2) is 8.89. The zero-order valence-electron chi connectivity index (χ0n) is 18.0. The number of benzene rings is 1. The molecule has 0 spiro atoms. The fourth-order valence-corrected chi connectivity index (χ4v) is 4.26. The number of cyclic esters (lactones) is 1. The first-order valence-corrected chi connectivity index (χ1v) is 12.9. The van der Waals surface area contributed by atoms with Crippen LogP contribution in [0, 0.1) is 11.8 Å². The molecule has 0 aromatic heterocycles. The van der Waals surface area contributed by atoms with Gasteiger partial charge < -0.3 is 13.9 Å². The number of ether oxygens (including phenoxy) is 2. The summed E-state index contributed by atoms with van der Waals surface area (Å²) in [4.78, 5) is 12.4. The summed E-state index contributed by atoms with van der Waals surface area (Å²) in [7, 11) is -1.79. The molecular formula is C22H36O4Si. The normalized spacial score (nSPS) is 26.7. The highest BCUT2D eigenvalue weighted by molar-refractivity contribution is 6.74. The van der Waals surface area contributed by atoms with Gasteiger partial charge >= 0.3 is 5.97 Å². The molecule has 1 fully saturated rings. The van der Waals surface area contributed by atoms with Gasteiger partial charge in [-0.2, -0.15) is 0 Å². The molecule has 2 rings (SSSR count). The first-order valence-electron chi connectivity index (χ1n) is 10.0. The maximum absolute atomic E-state index is 12.4. The highest BCUT2D eigenvalue weighted by Gasteiger charge is 2.43. The molecule has 1 aliphatic rings. The van der Waals surface area contributed by atoms with Crippen molar-refractivity contribution in [1.82, 2.24) is 0 Å². The minimum Gasteiger partial charge on any atom is -0.462 e. The Balaban J connectivity index is 1.94. The summed E-state index contributed by atoms with van der Waals surface area (Å²) < 4.78 is 18.2. The van der Waals surface area contributed by atoms with E-state index in [0.29, 0.717) is 13.2 Å². The molecule has 1 heterocycles. The van der Waals surface area contributed by atoms with Crippen LogP contribution >= 0.6 is 0 Å². The number of rotatable bonds is 7. The molecule has 0 bridgehead atoms. The molecule has 1 aliphatic heterocycles. The summed E-state index contributed by atoms with van der Waals surface area (Å²) in [6.45, 7) is 16.4. The Morgan fingerprint density at radius 1 is 1.11 bits per heavy atom. The Kier molecular flexibility index (Phi) is 7.28. The fraction of sp³-hybridized carbons (Fsp3) is 0.682. The van der Waals surface area contributed by atoms with Crippen molar-refractivity contribution in [3.8, 4) is 0 Å². The fourth-order valence-electron chi connectivity index (χ4n) is 3.20. The largest absolute Gasteiger partial charge is 0.462 e. The van der Waals surface area contributed by atoms with Gasteiger partial charge in [-0.15, -0.1) is 0 Å². The van der Waals surface area contributed by atoms with Crippen LogP contribution in [0.4, 0.5) is 0 Å². The Morgan fingerprint density at radius 2 is 1.74 bits per heavy atom. The highest BCUT2D eigenvalue weighted by atomic mass is 28.4. The lowest BCUT2D eigenvalue weighted by atomic mass is 9.85. The smallest absolute Gasteiger partial charge is 0.311 e. The Hall–Kier alpha value is -1.17. The number of carbonyl (C=O) groups is 1. The first kappa shape index (κ1) is 22.1. The van der Waals surface area contributed by atoms with Crippen molar-refractivity contribution in [2.45, 2.75) is 78.0 Å². The van der Waals surface area contributed by atoms with Crippen LogP contribution in [-0.2, 0) is 25.3 Å². The van der Waals surface area contributed by atoms with Crippen molar-refractivity contribution in [2.24, 2.45) is 11.8 Å². The van der Waals surface area contributed by atoms with E-state index in [1.54, 1.807) is 0 Å². The van der Waals surface area contributed by atoms with Crippen molar-refractivity contribution in [1.29, 1.82) is 0 Å². The molecule has 1 saturated heterocycles. The minimum atomic E-state index is -1.79. The third-order valence-corrected chi connectivity index (χ3v) is 10.7. The van der Waals surface area contributed by atoms with Gasteiger partial charge in [0.2, 0.25) is 0 Å². The van der Waals surface area contributed by atoms with Crippen LogP contribution in [0.1, 0.15) is 46.6 Å². The molecule has 4 atom stereocenters. The van der Waals surface area contributed by atoms with E-state index < -0.39 is 8.32 Å². The summed E-state index contributed by atoms with van der Waals surface area (Å²) in [5, 5.41) is 0.178. The van der Waals surface area contributed by atoms with Crippen LogP contribution in [0.25, 0.3) is 0 Å². The zero-order valence-corrected chi connectivity index (χ0v) is 19.0. The van der Waals surface area contributed by atoms with E-state index in [1.807, 2.05) is 37.3 Å².